The van der Waals surface area contributed by atoms with Crippen molar-refractivity contribution in [2.45, 2.75) is 26.1 Å². The van der Waals surface area contributed by atoms with Crippen molar-refractivity contribution in [3.63, 3.8) is 0 Å². The number of nitrogen functional groups attached to an aromatic ring is 1. The van der Waals surface area contributed by atoms with Crippen LogP contribution in [0.1, 0.15) is 19.4 Å². The highest BCUT2D eigenvalue weighted by atomic mass is 19.4. The Labute approximate surface area is 109 Å². The Morgan fingerprint density at radius 3 is 2.58 bits per heavy atom. The average molecular weight is 275 g/mol. The standard InChI is InChI=1S/C12H16F3N3O/c1-3-17-11(19)7(2)18-10-5-4-8(16)6-9(10)12(13,14)15/h4-7,18H,3,16H2,1-2H3,(H,17,19). The molecular weight excluding hydrogens is 259 g/mol. The van der Waals surface area contributed by atoms with Gasteiger partial charge in [-0.25, -0.2) is 0 Å². The van der Waals surface area contributed by atoms with Gasteiger partial charge in [0.25, 0.3) is 0 Å². The number of carbonyl (C=O) groups is 1. The van der Waals surface area contributed by atoms with Crippen molar-refractivity contribution >= 4 is 17.3 Å². The Bertz CT molecular complexity index is 460. The van der Waals surface area contributed by atoms with Gasteiger partial charge in [-0.2, -0.15) is 13.2 Å². The highest BCUT2D eigenvalue weighted by molar-refractivity contribution is 5.84. The SMILES string of the molecule is CCNC(=O)C(C)Nc1ccc(N)cc1C(F)(F)F. The molecule has 106 valence electrons. The molecule has 0 saturated heterocycles. The maximum absolute atomic E-state index is 12.8. The molecule has 19 heavy (non-hydrogen) atoms. The van der Waals surface area contributed by atoms with Crippen molar-refractivity contribution in [3.8, 4) is 0 Å². The zero-order chi connectivity index (χ0) is 14.6. The van der Waals surface area contributed by atoms with Gasteiger partial charge in [-0.15, -0.1) is 0 Å². The average Bonchev–Trinajstić information content (AvgIpc) is 2.30. The topological polar surface area (TPSA) is 67.2 Å². The van der Waals surface area contributed by atoms with Gasteiger partial charge in [0.15, 0.2) is 0 Å². The van der Waals surface area contributed by atoms with Gasteiger partial charge in [0.1, 0.15) is 6.04 Å². The third kappa shape index (κ3) is 4.04. The summed E-state index contributed by atoms with van der Waals surface area (Å²) in [5, 5.41) is 5.07. The lowest BCUT2D eigenvalue weighted by Crippen LogP contribution is -2.37. The first-order valence-corrected chi connectivity index (χ1v) is 5.76. The highest BCUT2D eigenvalue weighted by Crippen LogP contribution is 2.36. The fourth-order valence-corrected chi connectivity index (χ4v) is 1.55. The number of benzene rings is 1. The maximum atomic E-state index is 12.8. The molecule has 0 spiro atoms. The minimum Gasteiger partial charge on any atom is -0.399 e. The van der Waals surface area contributed by atoms with Crippen molar-refractivity contribution in [2.24, 2.45) is 0 Å². The Kier molecular flexibility index (Phi) is 4.63. The van der Waals surface area contributed by atoms with E-state index in [9.17, 15) is 18.0 Å². The van der Waals surface area contributed by atoms with E-state index in [4.69, 9.17) is 5.73 Å². The number of nitrogens with one attached hydrogen (secondary N) is 2. The molecule has 0 fully saturated rings. The van der Waals surface area contributed by atoms with Crippen LogP contribution in [0.4, 0.5) is 24.5 Å². The molecule has 0 heterocycles. The Balaban J connectivity index is 2.98. The normalized spacial score (nSPS) is 12.9. The van der Waals surface area contributed by atoms with E-state index < -0.39 is 17.8 Å². The second-order valence-corrected chi connectivity index (χ2v) is 4.06. The summed E-state index contributed by atoms with van der Waals surface area (Å²) in [5.41, 5.74) is 4.32. The van der Waals surface area contributed by atoms with Gasteiger partial charge in [-0.3, -0.25) is 4.79 Å². The number of halogens is 3. The first-order chi connectivity index (χ1) is 8.75. The maximum Gasteiger partial charge on any atom is 0.418 e. The number of amides is 1. The lowest BCUT2D eigenvalue weighted by molar-refractivity contribution is -0.137. The summed E-state index contributed by atoms with van der Waals surface area (Å²) in [6.45, 7) is 3.63. The minimum absolute atomic E-state index is 0.0172. The second kappa shape index (κ2) is 5.81. The molecule has 1 aromatic rings. The minimum atomic E-state index is -4.53. The number of anilines is 2. The summed E-state index contributed by atoms with van der Waals surface area (Å²) in [4.78, 5) is 11.5. The molecule has 1 unspecified atom stereocenters. The molecule has 7 heteroatoms. The molecule has 0 radical (unpaired) electrons. The van der Waals surface area contributed by atoms with Crippen LogP contribution in [-0.2, 0) is 11.0 Å². The molecule has 4 nitrogen and oxygen atoms in total. The van der Waals surface area contributed by atoms with Gasteiger partial charge in [0.05, 0.1) is 5.56 Å². The highest BCUT2D eigenvalue weighted by Gasteiger charge is 2.34. The van der Waals surface area contributed by atoms with E-state index >= 15 is 0 Å². The summed E-state index contributed by atoms with van der Waals surface area (Å²) in [7, 11) is 0. The summed E-state index contributed by atoms with van der Waals surface area (Å²) in [6.07, 6.45) is -4.53. The number of nitrogens with two attached hydrogens (primary N) is 1. The molecule has 1 amide bonds. The smallest absolute Gasteiger partial charge is 0.399 e. The second-order valence-electron chi connectivity index (χ2n) is 4.06. The predicted molar refractivity (Wildman–Crippen MR) is 67.6 cm³/mol. The summed E-state index contributed by atoms with van der Waals surface area (Å²) < 4.78 is 38.5. The lowest BCUT2D eigenvalue weighted by atomic mass is 10.1. The zero-order valence-electron chi connectivity index (χ0n) is 10.6. The van der Waals surface area contributed by atoms with Gasteiger partial charge in [-0.1, -0.05) is 0 Å². The number of hydrogen-bond donors (Lipinski definition) is 3. The van der Waals surface area contributed by atoms with E-state index in [-0.39, 0.29) is 17.3 Å². The molecule has 0 aromatic heterocycles. The fraction of sp³-hybridized carbons (Fsp3) is 0.417. The van der Waals surface area contributed by atoms with Gasteiger partial charge >= 0.3 is 6.18 Å². The third-order valence-electron chi connectivity index (χ3n) is 2.47. The van der Waals surface area contributed by atoms with Gasteiger partial charge in [0.2, 0.25) is 5.91 Å². The van der Waals surface area contributed by atoms with Crippen molar-refractivity contribution < 1.29 is 18.0 Å². The van der Waals surface area contributed by atoms with Gasteiger partial charge in [0, 0.05) is 17.9 Å². The Hall–Kier alpha value is -1.92. The van der Waals surface area contributed by atoms with Crippen LogP contribution >= 0.6 is 0 Å². The van der Waals surface area contributed by atoms with Crippen LogP contribution in [0.2, 0.25) is 0 Å². The van der Waals surface area contributed by atoms with E-state index in [2.05, 4.69) is 10.6 Å². The molecule has 1 rings (SSSR count). The zero-order valence-corrected chi connectivity index (χ0v) is 10.6. The number of rotatable bonds is 4. The molecule has 1 atom stereocenters. The Morgan fingerprint density at radius 1 is 1.42 bits per heavy atom. The quantitative estimate of drug-likeness (QED) is 0.738. The third-order valence-corrected chi connectivity index (χ3v) is 2.47. The van der Waals surface area contributed by atoms with Crippen LogP contribution in [0.25, 0.3) is 0 Å². The molecule has 0 aliphatic carbocycles. The number of hydrogen-bond acceptors (Lipinski definition) is 3. The van der Waals surface area contributed by atoms with Gasteiger partial charge in [-0.05, 0) is 32.0 Å². The molecule has 4 N–H and O–H groups in total. The van der Waals surface area contributed by atoms with E-state index in [1.807, 2.05) is 0 Å². The lowest BCUT2D eigenvalue weighted by Gasteiger charge is -2.19. The first-order valence-electron chi connectivity index (χ1n) is 5.76. The number of likely N-dealkylation sites (N-methyl/N-ethyl adjacent to an activating group) is 1. The number of alkyl halides is 3. The largest absolute Gasteiger partial charge is 0.418 e. The molecule has 0 saturated carbocycles. The van der Waals surface area contributed by atoms with Crippen LogP contribution in [0, 0.1) is 0 Å². The van der Waals surface area contributed by atoms with Crippen molar-refractivity contribution in [2.75, 3.05) is 17.6 Å². The summed E-state index contributed by atoms with van der Waals surface area (Å²) in [5.74, 6) is -0.368. The van der Waals surface area contributed by atoms with Crippen molar-refractivity contribution in [1.29, 1.82) is 0 Å². The van der Waals surface area contributed by atoms with E-state index in [1.165, 1.54) is 19.1 Å². The van der Waals surface area contributed by atoms with E-state index in [0.29, 0.717) is 6.54 Å². The van der Waals surface area contributed by atoms with Crippen LogP contribution in [0.3, 0.4) is 0 Å². The fourth-order valence-electron chi connectivity index (χ4n) is 1.55. The molecule has 0 aliphatic heterocycles. The van der Waals surface area contributed by atoms with E-state index in [1.54, 1.807) is 6.92 Å². The first kappa shape index (κ1) is 15.1. The molecular formula is C12H16F3N3O. The van der Waals surface area contributed by atoms with Crippen molar-refractivity contribution in [3.05, 3.63) is 23.8 Å². The van der Waals surface area contributed by atoms with Crippen LogP contribution in [0.5, 0.6) is 0 Å². The summed E-state index contributed by atoms with van der Waals surface area (Å²) >= 11 is 0. The molecule has 0 aliphatic rings. The van der Waals surface area contributed by atoms with Gasteiger partial charge < -0.3 is 16.4 Å². The molecule has 1 aromatic carbocycles. The van der Waals surface area contributed by atoms with Crippen molar-refractivity contribution in [1.82, 2.24) is 5.32 Å². The summed E-state index contributed by atoms with van der Waals surface area (Å²) in [6, 6.07) is 2.63. The van der Waals surface area contributed by atoms with Crippen LogP contribution in [0.15, 0.2) is 18.2 Å². The predicted octanol–water partition coefficient (Wildman–Crippen LogP) is 2.22. The molecule has 0 bridgehead atoms. The number of carbonyl (C=O) groups excluding carboxylic acids is 1. The van der Waals surface area contributed by atoms with E-state index in [0.717, 1.165) is 6.07 Å². The monoisotopic (exact) mass is 275 g/mol. The van der Waals surface area contributed by atoms with Crippen LogP contribution in [-0.4, -0.2) is 18.5 Å². The Morgan fingerprint density at radius 2 is 2.05 bits per heavy atom. The van der Waals surface area contributed by atoms with Crippen LogP contribution < -0.4 is 16.4 Å².